The van der Waals surface area contributed by atoms with Gasteiger partial charge in [0.25, 0.3) is 0 Å². The lowest BCUT2D eigenvalue weighted by molar-refractivity contribution is 0.627. The second-order valence-electron chi connectivity index (χ2n) is 3.68. The van der Waals surface area contributed by atoms with E-state index < -0.39 is 0 Å². The van der Waals surface area contributed by atoms with Crippen molar-refractivity contribution >= 4 is 0 Å². The van der Waals surface area contributed by atoms with E-state index in [2.05, 4.69) is 5.92 Å². The number of aryl methyl sites for hydroxylation is 1. The third-order valence-corrected chi connectivity index (χ3v) is 2.53. The van der Waals surface area contributed by atoms with Gasteiger partial charge in [-0.3, -0.25) is 0 Å². The molecule has 0 bridgehead atoms. The van der Waals surface area contributed by atoms with Crippen LogP contribution in [-0.4, -0.2) is 0 Å². The van der Waals surface area contributed by atoms with Crippen LogP contribution < -0.4 is 0 Å². The Morgan fingerprint density at radius 3 is 2.62 bits per heavy atom. The van der Waals surface area contributed by atoms with Gasteiger partial charge in [-0.1, -0.05) is 24.1 Å². The van der Waals surface area contributed by atoms with Gasteiger partial charge in [-0.25, -0.2) is 4.39 Å². The van der Waals surface area contributed by atoms with Crippen molar-refractivity contribution in [3.63, 3.8) is 0 Å². The molecule has 0 unspecified atom stereocenters. The number of halogens is 1. The molecule has 0 aliphatic carbocycles. The molecule has 78 valence electrons. The number of hydrogen-bond donors (Lipinski definition) is 0. The van der Waals surface area contributed by atoms with Crippen molar-refractivity contribution in [2.45, 2.75) is 6.92 Å². The van der Waals surface area contributed by atoms with Gasteiger partial charge in [0.05, 0.1) is 0 Å². The SMILES string of the molecule is C#Cc1cccc(-c2ccc(F)cc2C)c1. The fraction of sp³-hybridized carbons (Fsp3) is 0.0667. The van der Waals surface area contributed by atoms with E-state index in [1.807, 2.05) is 31.2 Å². The van der Waals surface area contributed by atoms with Gasteiger partial charge in [0.1, 0.15) is 5.82 Å². The van der Waals surface area contributed by atoms with E-state index in [0.29, 0.717) is 0 Å². The molecular weight excluding hydrogens is 199 g/mol. The van der Waals surface area contributed by atoms with E-state index in [1.54, 1.807) is 6.07 Å². The first kappa shape index (κ1) is 10.4. The van der Waals surface area contributed by atoms with E-state index in [4.69, 9.17) is 6.42 Å². The number of benzene rings is 2. The summed E-state index contributed by atoms with van der Waals surface area (Å²) in [6, 6.07) is 12.5. The lowest BCUT2D eigenvalue weighted by atomic mass is 9.99. The summed E-state index contributed by atoms with van der Waals surface area (Å²) in [7, 11) is 0. The van der Waals surface area contributed by atoms with Gasteiger partial charge in [0.15, 0.2) is 0 Å². The molecule has 16 heavy (non-hydrogen) atoms. The smallest absolute Gasteiger partial charge is 0.123 e. The fourth-order valence-electron chi connectivity index (χ4n) is 1.73. The van der Waals surface area contributed by atoms with Crippen molar-refractivity contribution in [2.75, 3.05) is 0 Å². The van der Waals surface area contributed by atoms with Crippen LogP contribution in [0.5, 0.6) is 0 Å². The Morgan fingerprint density at radius 1 is 1.12 bits per heavy atom. The quantitative estimate of drug-likeness (QED) is 0.628. The molecule has 0 saturated carbocycles. The predicted octanol–water partition coefficient (Wildman–Crippen LogP) is 3.78. The molecule has 1 heteroatoms. The molecule has 0 saturated heterocycles. The molecule has 0 spiro atoms. The Morgan fingerprint density at radius 2 is 1.94 bits per heavy atom. The zero-order valence-corrected chi connectivity index (χ0v) is 9.00. The molecule has 2 aromatic carbocycles. The lowest BCUT2D eigenvalue weighted by Crippen LogP contribution is -1.86. The van der Waals surface area contributed by atoms with Crippen LogP contribution in [0.25, 0.3) is 11.1 Å². The summed E-state index contributed by atoms with van der Waals surface area (Å²) in [5.74, 6) is 2.38. The van der Waals surface area contributed by atoms with Gasteiger partial charge in [0.2, 0.25) is 0 Å². The van der Waals surface area contributed by atoms with Crippen molar-refractivity contribution in [1.82, 2.24) is 0 Å². The highest BCUT2D eigenvalue weighted by molar-refractivity contribution is 5.68. The van der Waals surface area contributed by atoms with Crippen molar-refractivity contribution < 1.29 is 4.39 Å². The van der Waals surface area contributed by atoms with Crippen LogP contribution in [0.1, 0.15) is 11.1 Å². The molecular formula is C15H11F. The minimum absolute atomic E-state index is 0.214. The van der Waals surface area contributed by atoms with Crippen molar-refractivity contribution in [3.8, 4) is 23.5 Å². The van der Waals surface area contributed by atoms with Crippen LogP contribution in [0.3, 0.4) is 0 Å². The highest BCUT2D eigenvalue weighted by Gasteiger charge is 2.03. The number of terminal acetylenes is 1. The normalized spacial score (nSPS) is 9.81. The number of rotatable bonds is 1. The van der Waals surface area contributed by atoms with Crippen molar-refractivity contribution in [3.05, 3.63) is 59.4 Å². The molecule has 2 rings (SSSR count). The van der Waals surface area contributed by atoms with Crippen molar-refractivity contribution in [1.29, 1.82) is 0 Å². The lowest BCUT2D eigenvalue weighted by Gasteiger charge is -2.06. The van der Waals surface area contributed by atoms with Gasteiger partial charge in [0, 0.05) is 5.56 Å². The molecule has 0 nitrogen and oxygen atoms in total. The van der Waals surface area contributed by atoms with Crippen molar-refractivity contribution in [2.24, 2.45) is 0 Å². The van der Waals surface area contributed by atoms with Crippen LogP contribution in [0.2, 0.25) is 0 Å². The summed E-state index contributed by atoms with van der Waals surface area (Å²) in [6.07, 6.45) is 5.35. The molecule has 0 aliphatic heterocycles. The third kappa shape index (κ3) is 1.97. The molecule has 0 amide bonds. The molecule has 2 aromatic rings. The summed E-state index contributed by atoms with van der Waals surface area (Å²) in [5, 5.41) is 0. The average Bonchev–Trinajstić information content (AvgIpc) is 2.29. The zero-order valence-electron chi connectivity index (χ0n) is 9.00. The van der Waals surface area contributed by atoms with Gasteiger partial charge < -0.3 is 0 Å². The summed E-state index contributed by atoms with van der Waals surface area (Å²) in [5.41, 5.74) is 3.78. The van der Waals surface area contributed by atoms with E-state index in [0.717, 1.165) is 22.3 Å². The first-order valence-electron chi connectivity index (χ1n) is 5.04. The molecule has 0 aliphatic rings. The topological polar surface area (TPSA) is 0 Å². The van der Waals surface area contributed by atoms with Crippen LogP contribution >= 0.6 is 0 Å². The maximum Gasteiger partial charge on any atom is 0.123 e. The largest absolute Gasteiger partial charge is 0.207 e. The minimum Gasteiger partial charge on any atom is -0.207 e. The molecule has 0 fully saturated rings. The third-order valence-electron chi connectivity index (χ3n) is 2.53. The first-order valence-corrected chi connectivity index (χ1v) is 5.04. The molecule has 0 heterocycles. The van der Waals surface area contributed by atoms with E-state index >= 15 is 0 Å². The Bertz CT molecular complexity index is 562. The Kier molecular flexibility index (Phi) is 2.74. The van der Waals surface area contributed by atoms with Gasteiger partial charge in [-0.2, -0.15) is 0 Å². The Hall–Kier alpha value is -2.07. The standard InChI is InChI=1S/C15H11F/c1-3-12-5-4-6-13(10-12)15-8-7-14(16)9-11(15)2/h1,4-10H,2H3. The molecule has 0 atom stereocenters. The summed E-state index contributed by atoms with van der Waals surface area (Å²) in [4.78, 5) is 0. The molecule has 0 radical (unpaired) electrons. The maximum absolute atomic E-state index is 13.0. The van der Waals surface area contributed by atoms with Gasteiger partial charge >= 0.3 is 0 Å². The van der Waals surface area contributed by atoms with Gasteiger partial charge in [-0.05, 0) is 47.9 Å². The van der Waals surface area contributed by atoms with Crippen LogP contribution in [0.4, 0.5) is 4.39 Å². The van der Waals surface area contributed by atoms with E-state index in [1.165, 1.54) is 12.1 Å². The molecule has 0 N–H and O–H groups in total. The summed E-state index contributed by atoms with van der Waals surface area (Å²) in [6.45, 7) is 1.89. The average molecular weight is 210 g/mol. The second-order valence-corrected chi connectivity index (χ2v) is 3.68. The summed E-state index contributed by atoms with van der Waals surface area (Å²) < 4.78 is 13.0. The summed E-state index contributed by atoms with van der Waals surface area (Å²) >= 11 is 0. The first-order chi connectivity index (χ1) is 7.70. The second kappa shape index (κ2) is 4.20. The van der Waals surface area contributed by atoms with Crippen LogP contribution in [0.15, 0.2) is 42.5 Å². The Balaban J connectivity index is 2.55. The maximum atomic E-state index is 13.0. The highest BCUT2D eigenvalue weighted by Crippen LogP contribution is 2.24. The van der Waals surface area contributed by atoms with Crippen LogP contribution in [-0.2, 0) is 0 Å². The predicted molar refractivity (Wildman–Crippen MR) is 64.5 cm³/mol. The van der Waals surface area contributed by atoms with E-state index in [9.17, 15) is 4.39 Å². The van der Waals surface area contributed by atoms with Crippen LogP contribution in [0, 0.1) is 25.1 Å². The minimum atomic E-state index is -0.214. The molecule has 0 aromatic heterocycles. The van der Waals surface area contributed by atoms with E-state index in [-0.39, 0.29) is 5.82 Å². The number of hydrogen-bond acceptors (Lipinski definition) is 0. The Labute approximate surface area is 94.7 Å². The van der Waals surface area contributed by atoms with Gasteiger partial charge in [-0.15, -0.1) is 6.42 Å². The zero-order chi connectivity index (χ0) is 11.5. The highest BCUT2D eigenvalue weighted by atomic mass is 19.1. The fourth-order valence-corrected chi connectivity index (χ4v) is 1.73. The monoisotopic (exact) mass is 210 g/mol.